The quantitative estimate of drug-likeness (QED) is 0.606. The predicted molar refractivity (Wildman–Crippen MR) is 79.8 cm³/mol. The number of pyridine rings is 1. The highest BCUT2D eigenvalue weighted by molar-refractivity contribution is 9.10. The Morgan fingerprint density at radius 1 is 1.62 bits per heavy atom. The second kappa shape index (κ2) is 6.82. The Kier molecular flexibility index (Phi) is 5.08. The van der Waals surface area contributed by atoms with E-state index in [0.29, 0.717) is 21.1 Å². The lowest BCUT2D eigenvalue weighted by Crippen LogP contribution is -2.06. The first-order valence-electron chi connectivity index (χ1n) is 5.93. The van der Waals surface area contributed by atoms with Crippen LogP contribution in [0.3, 0.4) is 0 Å². The molecule has 0 atom stereocenters. The van der Waals surface area contributed by atoms with E-state index < -0.39 is 11.8 Å². The van der Waals surface area contributed by atoms with Crippen molar-refractivity contribution in [1.29, 1.82) is 0 Å². The van der Waals surface area contributed by atoms with Gasteiger partial charge in [0.2, 0.25) is 5.83 Å². The van der Waals surface area contributed by atoms with Crippen LogP contribution in [-0.2, 0) is 9.53 Å². The van der Waals surface area contributed by atoms with Crippen molar-refractivity contribution in [1.82, 2.24) is 14.8 Å². The third-order valence-corrected chi connectivity index (χ3v) is 3.07. The lowest BCUT2D eigenvalue weighted by molar-refractivity contribution is -0.140. The van der Waals surface area contributed by atoms with Crippen LogP contribution in [0.15, 0.2) is 34.8 Å². The molecule has 0 unspecified atom stereocenters. The summed E-state index contributed by atoms with van der Waals surface area (Å²) in [6.07, 6.45) is 2.55. The van der Waals surface area contributed by atoms with E-state index in [1.807, 2.05) is 0 Å². The van der Waals surface area contributed by atoms with Crippen LogP contribution in [0.4, 0.5) is 4.39 Å². The second-order valence-corrected chi connectivity index (χ2v) is 5.04. The summed E-state index contributed by atoms with van der Waals surface area (Å²) in [6, 6.07) is 4.83. The number of carbonyl (C=O) groups is 1. The third-order valence-electron chi connectivity index (χ3n) is 2.39. The molecular weight excluding hydrogens is 365 g/mol. The maximum absolute atomic E-state index is 13.8. The Hall–Kier alpha value is -1.73. The maximum Gasteiger partial charge on any atom is 0.367 e. The molecule has 0 radical (unpaired) electrons. The SMILES string of the molecule is CCOC(=O)/C(F)=C\c1cc(Br)nn1-c1ncccc1Cl. The molecule has 0 amide bonds. The summed E-state index contributed by atoms with van der Waals surface area (Å²) >= 11 is 9.24. The molecule has 8 heteroatoms. The van der Waals surface area contributed by atoms with Gasteiger partial charge in [0.15, 0.2) is 5.82 Å². The van der Waals surface area contributed by atoms with Gasteiger partial charge in [0.25, 0.3) is 0 Å². The molecule has 2 aromatic rings. The third kappa shape index (κ3) is 3.68. The number of halogens is 3. The van der Waals surface area contributed by atoms with E-state index in [1.54, 1.807) is 19.1 Å². The highest BCUT2D eigenvalue weighted by Crippen LogP contribution is 2.23. The number of nitrogens with zero attached hydrogens (tertiary/aromatic N) is 3. The molecule has 0 aromatic carbocycles. The molecule has 0 spiro atoms. The molecular formula is C13H10BrClFN3O2. The van der Waals surface area contributed by atoms with E-state index >= 15 is 0 Å². The van der Waals surface area contributed by atoms with Crippen LogP contribution in [0.5, 0.6) is 0 Å². The van der Waals surface area contributed by atoms with Gasteiger partial charge in [-0.05, 0) is 41.1 Å². The first kappa shape index (κ1) is 15.7. The fourth-order valence-corrected chi connectivity index (χ4v) is 2.15. The van der Waals surface area contributed by atoms with Crippen LogP contribution in [0, 0.1) is 0 Å². The summed E-state index contributed by atoms with van der Waals surface area (Å²) in [5, 5.41) is 4.47. The summed E-state index contributed by atoms with van der Waals surface area (Å²) in [4.78, 5) is 15.4. The van der Waals surface area contributed by atoms with Crippen LogP contribution >= 0.6 is 27.5 Å². The minimum absolute atomic E-state index is 0.0924. The van der Waals surface area contributed by atoms with Crippen molar-refractivity contribution in [2.24, 2.45) is 0 Å². The lowest BCUT2D eigenvalue weighted by Gasteiger charge is -2.05. The van der Waals surface area contributed by atoms with Crippen LogP contribution < -0.4 is 0 Å². The van der Waals surface area contributed by atoms with Crippen LogP contribution in [0.2, 0.25) is 5.02 Å². The normalized spacial score (nSPS) is 11.5. The van der Waals surface area contributed by atoms with E-state index in [9.17, 15) is 9.18 Å². The van der Waals surface area contributed by atoms with Gasteiger partial charge in [-0.1, -0.05) is 11.6 Å². The molecule has 0 saturated carbocycles. The number of ether oxygens (including phenoxy) is 1. The molecule has 2 heterocycles. The maximum atomic E-state index is 13.8. The fraction of sp³-hybridized carbons (Fsp3) is 0.154. The molecule has 0 saturated heterocycles. The molecule has 0 aliphatic carbocycles. The Bertz CT molecular complexity index is 702. The van der Waals surface area contributed by atoms with Crippen LogP contribution in [0.1, 0.15) is 12.6 Å². The molecule has 0 aliphatic rings. The smallest absolute Gasteiger partial charge is 0.367 e. The van der Waals surface area contributed by atoms with Crippen molar-refractivity contribution < 1.29 is 13.9 Å². The average Bonchev–Trinajstić information content (AvgIpc) is 2.80. The fourth-order valence-electron chi connectivity index (χ4n) is 1.56. The summed E-state index contributed by atoms with van der Waals surface area (Å²) in [5.74, 6) is -1.74. The molecule has 110 valence electrons. The summed E-state index contributed by atoms with van der Waals surface area (Å²) < 4.78 is 20.1. The van der Waals surface area contributed by atoms with Gasteiger partial charge in [-0.2, -0.15) is 9.49 Å². The van der Waals surface area contributed by atoms with E-state index in [0.717, 1.165) is 6.08 Å². The van der Waals surface area contributed by atoms with E-state index in [1.165, 1.54) is 16.9 Å². The van der Waals surface area contributed by atoms with Gasteiger partial charge in [-0.25, -0.2) is 14.5 Å². The minimum atomic E-state index is -1.03. The summed E-state index contributed by atoms with van der Waals surface area (Å²) in [5.41, 5.74) is 0.299. The molecule has 0 aliphatic heterocycles. The standard InChI is InChI=1S/C13H10BrClFN3O2/c1-2-21-13(20)10(16)6-8-7-11(14)18-19(8)12-9(15)4-3-5-17-12/h3-7H,2H2,1H3/b10-6+. The highest BCUT2D eigenvalue weighted by atomic mass is 79.9. The van der Waals surface area contributed by atoms with Crippen molar-refractivity contribution in [3.05, 3.63) is 45.5 Å². The van der Waals surface area contributed by atoms with Gasteiger partial charge in [0, 0.05) is 12.3 Å². The van der Waals surface area contributed by atoms with Gasteiger partial charge >= 0.3 is 5.97 Å². The first-order chi connectivity index (χ1) is 10.0. The zero-order valence-corrected chi connectivity index (χ0v) is 13.2. The van der Waals surface area contributed by atoms with E-state index in [4.69, 9.17) is 11.6 Å². The summed E-state index contributed by atoms with van der Waals surface area (Å²) in [6.45, 7) is 1.69. The number of rotatable bonds is 4. The van der Waals surface area contributed by atoms with Crippen molar-refractivity contribution in [2.75, 3.05) is 6.61 Å². The van der Waals surface area contributed by atoms with Crippen molar-refractivity contribution in [3.8, 4) is 5.82 Å². The van der Waals surface area contributed by atoms with E-state index in [2.05, 4.69) is 30.7 Å². The molecule has 5 nitrogen and oxygen atoms in total. The molecule has 2 rings (SSSR count). The monoisotopic (exact) mass is 373 g/mol. The Morgan fingerprint density at radius 3 is 3.05 bits per heavy atom. The minimum Gasteiger partial charge on any atom is -0.461 e. The Balaban J connectivity index is 2.45. The number of hydrogen-bond donors (Lipinski definition) is 0. The van der Waals surface area contributed by atoms with Gasteiger partial charge in [0.1, 0.15) is 4.60 Å². The van der Waals surface area contributed by atoms with Crippen molar-refractivity contribution >= 4 is 39.6 Å². The second-order valence-electron chi connectivity index (χ2n) is 3.83. The van der Waals surface area contributed by atoms with E-state index in [-0.39, 0.29) is 6.61 Å². The predicted octanol–water partition coefficient (Wildman–Crippen LogP) is 3.56. The van der Waals surface area contributed by atoms with Crippen LogP contribution in [-0.4, -0.2) is 27.3 Å². The van der Waals surface area contributed by atoms with Crippen LogP contribution in [0.25, 0.3) is 11.9 Å². The molecule has 21 heavy (non-hydrogen) atoms. The highest BCUT2D eigenvalue weighted by Gasteiger charge is 2.15. The molecule has 2 aromatic heterocycles. The van der Waals surface area contributed by atoms with Gasteiger partial charge in [-0.3, -0.25) is 0 Å². The molecule has 0 fully saturated rings. The van der Waals surface area contributed by atoms with Gasteiger partial charge in [0.05, 0.1) is 17.3 Å². The van der Waals surface area contributed by atoms with Crippen molar-refractivity contribution in [3.63, 3.8) is 0 Å². The lowest BCUT2D eigenvalue weighted by atomic mass is 10.3. The van der Waals surface area contributed by atoms with Crippen molar-refractivity contribution in [2.45, 2.75) is 6.92 Å². The largest absolute Gasteiger partial charge is 0.461 e. The Morgan fingerprint density at radius 2 is 2.38 bits per heavy atom. The summed E-state index contributed by atoms with van der Waals surface area (Å²) in [7, 11) is 0. The number of aromatic nitrogens is 3. The first-order valence-corrected chi connectivity index (χ1v) is 7.10. The molecule has 0 bridgehead atoms. The zero-order chi connectivity index (χ0) is 15.4. The zero-order valence-electron chi connectivity index (χ0n) is 10.9. The van der Waals surface area contributed by atoms with Gasteiger partial charge in [-0.15, -0.1) is 0 Å². The average molecular weight is 375 g/mol. The van der Waals surface area contributed by atoms with Gasteiger partial charge < -0.3 is 4.74 Å². The Labute approximate surface area is 133 Å². The number of carbonyl (C=O) groups excluding carboxylic acids is 1. The topological polar surface area (TPSA) is 57.0 Å². The molecule has 0 N–H and O–H groups in total. The number of hydrogen-bond acceptors (Lipinski definition) is 4. The number of esters is 1.